The van der Waals surface area contributed by atoms with E-state index in [-0.39, 0.29) is 35.8 Å². The van der Waals surface area contributed by atoms with Crippen molar-refractivity contribution in [2.45, 2.75) is 32.2 Å². The van der Waals surface area contributed by atoms with Crippen molar-refractivity contribution < 1.29 is 28.3 Å². The van der Waals surface area contributed by atoms with Gasteiger partial charge in [-0.25, -0.2) is 0 Å². The van der Waals surface area contributed by atoms with E-state index in [1.165, 1.54) is 0 Å². The molecule has 0 saturated carbocycles. The van der Waals surface area contributed by atoms with E-state index in [9.17, 15) is 9.59 Å². The van der Waals surface area contributed by atoms with Gasteiger partial charge in [0.15, 0.2) is 0 Å². The number of rotatable bonds is 9. The topological polar surface area (TPSA) is 99.9 Å². The molecule has 1 amide bonds. The van der Waals surface area contributed by atoms with Gasteiger partial charge in [0, 0.05) is 17.2 Å². The number of halogens is 2. The van der Waals surface area contributed by atoms with Crippen LogP contribution >= 0.6 is 23.2 Å². The summed E-state index contributed by atoms with van der Waals surface area (Å²) < 4.78 is 21.7. The maximum Gasteiger partial charge on any atom is 0.314 e. The van der Waals surface area contributed by atoms with Crippen LogP contribution in [0, 0.1) is 12.8 Å². The molecule has 38 heavy (non-hydrogen) atoms. The van der Waals surface area contributed by atoms with E-state index in [4.69, 9.17) is 41.9 Å². The summed E-state index contributed by atoms with van der Waals surface area (Å²) in [7, 11) is 3.11. The first kappa shape index (κ1) is 27.5. The second kappa shape index (κ2) is 11.9. The third kappa shape index (κ3) is 5.51. The lowest BCUT2D eigenvalue weighted by molar-refractivity contribution is -0.146. The lowest BCUT2D eigenvalue weighted by Gasteiger charge is -2.24. The minimum Gasteiger partial charge on any atom is -0.497 e. The Labute approximate surface area is 230 Å². The molecule has 1 heterocycles. The van der Waals surface area contributed by atoms with Crippen LogP contribution < -0.4 is 14.8 Å². The van der Waals surface area contributed by atoms with Crippen LogP contribution in [0.5, 0.6) is 11.5 Å². The van der Waals surface area contributed by atoms with E-state index < -0.39 is 11.8 Å². The largest absolute Gasteiger partial charge is 0.497 e. The molecule has 0 spiro atoms. The third-order valence-corrected chi connectivity index (χ3v) is 7.09. The Balaban J connectivity index is 1.59. The Morgan fingerprint density at radius 1 is 1.13 bits per heavy atom. The summed E-state index contributed by atoms with van der Waals surface area (Å²) in [5.74, 6) is -0.225. The highest BCUT2D eigenvalue weighted by molar-refractivity contribution is 6.39. The summed E-state index contributed by atoms with van der Waals surface area (Å²) in [6.45, 7) is 3.64. The van der Waals surface area contributed by atoms with Crippen LogP contribution in [0.4, 0.5) is 0 Å². The Bertz CT molecular complexity index is 1350. The first-order valence-corrected chi connectivity index (χ1v) is 12.8. The van der Waals surface area contributed by atoms with Crippen LogP contribution in [0.15, 0.2) is 53.1 Å². The predicted molar refractivity (Wildman–Crippen MR) is 144 cm³/mol. The zero-order valence-corrected chi connectivity index (χ0v) is 22.9. The third-order valence-electron chi connectivity index (χ3n) is 6.46. The fourth-order valence-electron chi connectivity index (χ4n) is 4.70. The molecule has 3 aromatic rings. The number of carbonyl (C=O) groups is 2. The van der Waals surface area contributed by atoms with E-state index in [0.717, 1.165) is 0 Å². The molecule has 8 nitrogen and oxygen atoms in total. The van der Waals surface area contributed by atoms with Gasteiger partial charge in [0.25, 0.3) is 5.91 Å². The van der Waals surface area contributed by atoms with Crippen LogP contribution in [0.25, 0.3) is 11.3 Å². The number of methoxy groups -OCH3 is 2. The smallest absolute Gasteiger partial charge is 0.314 e. The van der Waals surface area contributed by atoms with Gasteiger partial charge in [-0.15, -0.1) is 0 Å². The van der Waals surface area contributed by atoms with Gasteiger partial charge in [0.1, 0.15) is 28.5 Å². The fourth-order valence-corrected chi connectivity index (χ4v) is 5.28. The van der Waals surface area contributed by atoms with E-state index in [1.54, 1.807) is 64.5 Å². The van der Waals surface area contributed by atoms with Gasteiger partial charge in [-0.05, 0) is 56.5 Å². The second-order valence-corrected chi connectivity index (χ2v) is 9.58. The van der Waals surface area contributed by atoms with Crippen LogP contribution in [-0.4, -0.2) is 43.9 Å². The Kier molecular flexibility index (Phi) is 8.64. The highest BCUT2D eigenvalue weighted by Gasteiger charge is 2.37. The zero-order valence-electron chi connectivity index (χ0n) is 21.4. The number of aryl methyl sites for hydroxylation is 1. The molecule has 0 fully saturated rings. The first-order valence-electron chi connectivity index (χ1n) is 12.1. The lowest BCUT2D eigenvalue weighted by Crippen LogP contribution is -2.34. The Hall–Kier alpha value is -3.49. The molecule has 1 aliphatic carbocycles. The minimum atomic E-state index is -0.659. The molecule has 2 aromatic carbocycles. The Morgan fingerprint density at radius 3 is 2.53 bits per heavy atom. The summed E-state index contributed by atoms with van der Waals surface area (Å²) in [5, 5.41) is 7.77. The number of esters is 1. The molecule has 3 atom stereocenters. The number of nitrogens with zero attached hydrogens (tertiary/aromatic N) is 1. The van der Waals surface area contributed by atoms with Gasteiger partial charge < -0.3 is 24.1 Å². The molecular weight excluding hydrogens is 531 g/mol. The van der Waals surface area contributed by atoms with Crippen LogP contribution in [0.3, 0.4) is 0 Å². The molecule has 1 aromatic heterocycles. The van der Waals surface area contributed by atoms with E-state index in [0.29, 0.717) is 44.9 Å². The van der Waals surface area contributed by atoms with Crippen molar-refractivity contribution in [1.82, 2.24) is 10.5 Å². The van der Waals surface area contributed by atoms with Crippen LogP contribution in [-0.2, 0) is 9.53 Å². The zero-order chi connectivity index (χ0) is 27.4. The monoisotopic (exact) mass is 558 g/mol. The summed E-state index contributed by atoms with van der Waals surface area (Å²) >= 11 is 12.7. The molecule has 0 saturated heterocycles. The average molecular weight is 559 g/mol. The highest BCUT2D eigenvalue weighted by Crippen LogP contribution is 2.41. The van der Waals surface area contributed by atoms with Gasteiger partial charge in [0.2, 0.25) is 0 Å². The first-order chi connectivity index (χ1) is 18.3. The number of allylic oxidation sites excluding steroid dienone is 1. The molecule has 0 bridgehead atoms. The highest BCUT2D eigenvalue weighted by atomic mass is 35.5. The van der Waals surface area contributed by atoms with Gasteiger partial charge in [-0.1, -0.05) is 46.6 Å². The van der Waals surface area contributed by atoms with Gasteiger partial charge in [0.05, 0.1) is 36.8 Å². The predicted octanol–water partition coefficient (Wildman–Crippen LogP) is 6.00. The van der Waals surface area contributed by atoms with Crippen molar-refractivity contribution in [2.24, 2.45) is 5.92 Å². The lowest BCUT2D eigenvalue weighted by atomic mass is 9.84. The minimum absolute atomic E-state index is 0.234. The molecular formula is C28H28Cl2N2O6. The van der Waals surface area contributed by atoms with Crippen molar-refractivity contribution >= 4 is 35.1 Å². The molecule has 4 rings (SSSR count). The second-order valence-electron chi connectivity index (χ2n) is 8.76. The summed E-state index contributed by atoms with van der Waals surface area (Å²) in [6.07, 6.45) is 4.24. The van der Waals surface area contributed by atoms with E-state index >= 15 is 0 Å². The van der Waals surface area contributed by atoms with Gasteiger partial charge >= 0.3 is 5.97 Å². The van der Waals surface area contributed by atoms with Crippen molar-refractivity contribution in [1.29, 1.82) is 0 Å². The molecule has 0 radical (unpaired) electrons. The fraction of sp³-hybridized carbons (Fsp3) is 0.321. The van der Waals surface area contributed by atoms with Crippen LogP contribution in [0.2, 0.25) is 10.0 Å². The normalized spacial score (nSPS) is 17.2. The van der Waals surface area contributed by atoms with Crippen molar-refractivity contribution in [3.63, 3.8) is 0 Å². The van der Waals surface area contributed by atoms with E-state index in [2.05, 4.69) is 10.5 Å². The Morgan fingerprint density at radius 2 is 1.87 bits per heavy atom. The summed E-state index contributed by atoms with van der Waals surface area (Å²) in [4.78, 5) is 26.5. The van der Waals surface area contributed by atoms with Crippen molar-refractivity contribution in [3.8, 4) is 22.8 Å². The molecule has 1 aliphatic rings. The quantitative estimate of drug-likeness (QED) is 0.254. The number of carbonyl (C=O) groups excluding carboxylic acids is 2. The van der Waals surface area contributed by atoms with E-state index in [1.807, 2.05) is 12.2 Å². The number of nitrogens with one attached hydrogen (secondary N) is 1. The number of hydrogen-bond acceptors (Lipinski definition) is 7. The van der Waals surface area contributed by atoms with Crippen molar-refractivity contribution in [3.05, 3.63) is 75.5 Å². The number of amides is 1. The molecule has 10 heteroatoms. The molecule has 0 aliphatic heterocycles. The van der Waals surface area contributed by atoms with Crippen molar-refractivity contribution in [2.75, 3.05) is 20.8 Å². The number of ether oxygens (including phenoxy) is 3. The number of benzene rings is 2. The summed E-state index contributed by atoms with van der Waals surface area (Å²) in [5.41, 5.74) is 1.58. The average Bonchev–Trinajstić information content (AvgIpc) is 3.50. The van der Waals surface area contributed by atoms with Gasteiger partial charge in [-0.3, -0.25) is 9.59 Å². The standard InChI is InChI=1S/C28H28Cl2N2O6/c1-5-37-28(34)24(19-14-18(35-3)11-12-22(19)36-4)16-9-10-17(13-16)31-27(33)23-15(2)38-32-26(23)25-20(29)7-6-8-21(25)30/h6-12,14,16-17,24H,5,13H2,1-4H3,(H,31,33). The van der Waals surface area contributed by atoms with Crippen LogP contribution in [0.1, 0.15) is 40.9 Å². The molecule has 1 N–H and O–H groups in total. The maximum absolute atomic E-state index is 13.4. The number of aromatic nitrogens is 1. The molecule has 3 unspecified atom stereocenters. The summed E-state index contributed by atoms with van der Waals surface area (Å²) in [6, 6.07) is 9.99. The SMILES string of the molecule is CCOC(=O)C(c1cc(OC)ccc1OC)C1C=CC(NC(=O)c2c(-c3c(Cl)cccc3Cl)noc2C)C1. The molecule has 200 valence electrons. The number of hydrogen-bond donors (Lipinski definition) is 1. The van der Waals surface area contributed by atoms with Gasteiger partial charge in [-0.2, -0.15) is 0 Å². The maximum atomic E-state index is 13.4.